The van der Waals surface area contributed by atoms with Gasteiger partial charge in [0.05, 0.1) is 10.5 Å². The molecule has 0 fully saturated rings. The van der Waals surface area contributed by atoms with Crippen LogP contribution in [0.3, 0.4) is 0 Å². The van der Waals surface area contributed by atoms with Crippen LogP contribution in [-0.4, -0.2) is 19.8 Å². The first kappa shape index (κ1) is 12.2. The first-order chi connectivity index (χ1) is 6.68. The summed E-state index contributed by atoms with van der Waals surface area (Å²) in [5, 5.41) is 8.26. The topological polar surface area (TPSA) is 66.4 Å². The number of halogens is 3. The fraction of sp³-hybridized carbons (Fsp3) is 0.429. The molecule has 0 atom stereocenters. The second-order valence-electron chi connectivity index (χ2n) is 3.10. The van der Waals surface area contributed by atoms with Crippen LogP contribution in [-0.2, 0) is 10.0 Å². The summed E-state index contributed by atoms with van der Waals surface area (Å²) in [7, 11) is -4.47. The highest BCUT2D eigenvalue weighted by atomic mass is 32.2. The molecule has 1 aliphatic carbocycles. The number of sulfonamides is 1. The monoisotopic (exact) mass is 243 g/mol. The summed E-state index contributed by atoms with van der Waals surface area (Å²) in [6.45, 7) is 1.38. The Labute approximate surface area is 84.1 Å². The summed E-state index contributed by atoms with van der Waals surface area (Å²) in [5.41, 5.74) is -0.891. The second-order valence-corrected chi connectivity index (χ2v) is 4.73. The maximum absolute atomic E-state index is 12.4. The van der Waals surface area contributed by atoms with Gasteiger partial charge in [-0.15, -0.1) is 0 Å². The summed E-state index contributed by atoms with van der Waals surface area (Å²) >= 11 is 0. The minimum Gasteiger partial charge on any atom is -0.302 e. The van der Waals surface area contributed by atoms with Crippen molar-refractivity contribution < 1.29 is 26.8 Å². The van der Waals surface area contributed by atoms with Crippen LogP contribution < -0.4 is 4.89 Å². The standard InChI is InChI=1S/C7H8F3NO3S/c1-4-2-5(7(8,9)10)6(3-4)15(13,14)11-12/h3,11-12H,2H2,1H3. The van der Waals surface area contributed by atoms with Gasteiger partial charge in [-0.05, 0) is 19.4 Å². The lowest BCUT2D eigenvalue weighted by Crippen LogP contribution is -2.23. The molecule has 15 heavy (non-hydrogen) atoms. The third kappa shape index (κ3) is 2.39. The summed E-state index contributed by atoms with van der Waals surface area (Å²) in [5.74, 6) is 0. The van der Waals surface area contributed by atoms with Gasteiger partial charge in [-0.2, -0.15) is 13.2 Å². The molecule has 1 rings (SSSR count). The molecular formula is C7H8F3NO3S. The molecule has 0 amide bonds. The average molecular weight is 243 g/mol. The van der Waals surface area contributed by atoms with E-state index in [4.69, 9.17) is 5.21 Å². The van der Waals surface area contributed by atoms with Crippen molar-refractivity contribution in [3.8, 4) is 0 Å². The van der Waals surface area contributed by atoms with Crippen LogP contribution in [0.2, 0.25) is 0 Å². The Kier molecular flexibility index (Phi) is 2.94. The van der Waals surface area contributed by atoms with Crippen molar-refractivity contribution in [2.45, 2.75) is 19.5 Å². The Morgan fingerprint density at radius 2 is 2.00 bits per heavy atom. The van der Waals surface area contributed by atoms with Crippen molar-refractivity contribution in [1.29, 1.82) is 0 Å². The van der Waals surface area contributed by atoms with Crippen LogP contribution in [0.15, 0.2) is 22.1 Å². The molecule has 2 N–H and O–H groups in total. The SMILES string of the molecule is CC1=CC(S(=O)(=O)NO)=C(C(F)(F)F)C1. The largest absolute Gasteiger partial charge is 0.414 e. The molecule has 0 aliphatic heterocycles. The molecule has 86 valence electrons. The molecule has 0 bridgehead atoms. The zero-order valence-corrected chi connectivity index (χ0v) is 8.41. The predicted molar refractivity (Wildman–Crippen MR) is 45.3 cm³/mol. The number of alkyl halides is 3. The van der Waals surface area contributed by atoms with Gasteiger partial charge in [-0.25, -0.2) is 8.42 Å². The molecule has 4 nitrogen and oxygen atoms in total. The quantitative estimate of drug-likeness (QED) is 0.721. The molecule has 0 radical (unpaired) electrons. The zero-order valence-electron chi connectivity index (χ0n) is 7.59. The van der Waals surface area contributed by atoms with Crippen LogP contribution in [0, 0.1) is 0 Å². The number of hydrogen-bond acceptors (Lipinski definition) is 3. The lowest BCUT2D eigenvalue weighted by Gasteiger charge is -2.10. The van der Waals surface area contributed by atoms with Gasteiger partial charge in [0.1, 0.15) is 0 Å². The number of hydrogen-bond donors (Lipinski definition) is 2. The fourth-order valence-corrected chi connectivity index (χ4v) is 2.22. The molecule has 0 saturated carbocycles. The lowest BCUT2D eigenvalue weighted by molar-refractivity contribution is -0.0930. The van der Waals surface area contributed by atoms with Crippen LogP contribution >= 0.6 is 0 Å². The Morgan fingerprint density at radius 3 is 2.40 bits per heavy atom. The smallest absolute Gasteiger partial charge is 0.302 e. The zero-order chi connectivity index (χ0) is 11.9. The maximum Gasteiger partial charge on any atom is 0.414 e. The highest BCUT2D eigenvalue weighted by Crippen LogP contribution is 2.39. The van der Waals surface area contributed by atoms with E-state index in [1.165, 1.54) is 6.92 Å². The minimum absolute atomic E-state index is 0.274. The molecule has 0 aromatic carbocycles. The molecule has 0 unspecified atom stereocenters. The molecule has 0 aromatic heterocycles. The normalized spacial score (nSPS) is 18.3. The Balaban J connectivity index is 3.32. The predicted octanol–water partition coefficient (Wildman–Crippen LogP) is 1.46. The average Bonchev–Trinajstić information content (AvgIpc) is 2.47. The van der Waals surface area contributed by atoms with Gasteiger partial charge in [0.25, 0.3) is 10.0 Å². The van der Waals surface area contributed by atoms with E-state index in [0.717, 1.165) is 11.0 Å². The van der Waals surface area contributed by atoms with Crippen LogP contribution in [0.5, 0.6) is 0 Å². The van der Waals surface area contributed by atoms with Crippen LogP contribution in [0.25, 0.3) is 0 Å². The first-order valence-corrected chi connectivity index (χ1v) is 5.30. The molecular weight excluding hydrogens is 235 g/mol. The van der Waals surface area contributed by atoms with Crippen molar-refractivity contribution in [3.63, 3.8) is 0 Å². The van der Waals surface area contributed by atoms with E-state index in [1.807, 2.05) is 0 Å². The summed E-state index contributed by atoms with van der Waals surface area (Å²) in [4.78, 5) is -0.0456. The summed E-state index contributed by atoms with van der Waals surface area (Å²) in [6, 6.07) is 0. The lowest BCUT2D eigenvalue weighted by atomic mass is 10.2. The van der Waals surface area contributed by atoms with Gasteiger partial charge in [-0.3, -0.25) is 0 Å². The first-order valence-electron chi connectivity index (χ1n) is 3.82. The maximum atomic E-state index is 12.4. The van der Waals surface area contributed by atoms with Crippen molar-refractivity contribution in [3.05, 3.63) is 22.1 Å². The molecule has 0 heterocycles. The molecule has 0 spiro atoms. The van der Waals surface area contributed by atoms with E-state index in [2.05, 4.69) is 0 Å². The van der Waals surface area contributed by atoms with E-state index >= 15 is 0 Å². The highest BCUT2D eigenvalue weighted by Gasteiger charge is 2.41. The van der Waals surface area contributed by atoms with Crippen LogP contribution in [0.1, 0.15) is 13.3 Å². The Bertz CT molecular complexity index is 433. The summed E-state index contributed by atoms with van der Waals surface area (Å²) in [6.07, 6.45) is -4.30. The number of nitrogens with one attached hydrogen (secondary N) is 1. The Hall–Kier alpha value is -0.860. The van der Waals surface area contributed by atoms with Gasteiger partial charge >= 0.3 is 6.18 Å². The van der Waals surface area contributed by atoms with Crippen LogP contribution in [0.4, 0.5) is 13.2 Å². The van der Waals surface area contributed by atoms with Crippen molar-refractivity contribution in [1.82, 2.24) is 4.89 Å². The fourth-order valence-electron chi connectivity index (χ4n) is 1.26. The van der Waals surface area contributed by atoms with Gasteiger partial charge in [0, 0.05) is 0 Å². The van der Waals surface area contributed by atoms with E-state index in [-0.39, 0.29) is 5.57 Å². The van der Waals surface area contributed by atoms with Crippen molar-refractivity contribution in [2.75, 3.05) is 0 Å². The van der Waals surface area contributed by atoms with E-state index in [1.54, 1.807) is 0 Å². The molecule has 0 saturated heterocycles. The Morgan fingerprint density at radius 1 is 1.47 bits per heavy atom. The van der Waals surface area contributed by atoms with E-state index in [9.17, 15) is 21.6 Å². The van der Waals surface area contributed by atoms with Gasteiger partial charge in [0.15, 0.2) is 0 Å². The van der Waals surface area contributed by atoms with Gasteiger partial charge < -0.3 is 5.21 Å². The van der Waals surface area contributed by atoms with E-state index < -0.39 is 33.1 Å². The van der Waals surface area contributed by atoms with Gasteiger partial charge in [0.2, 0.25) is 0 Å². The molecule has 1 aliphatic rings. The third-order valence-electron chi connectivity index (χ3n) is 1.88. The van der Waals surface area contributed by atoms with E-state index in [0.29, 0.717) is 0 Å². The van der Waals surface area contributed by atoms with Crippen molar-refractivity contribution >= 4 is 10.0 Å². The number of rotatable bonds is 2. The highest BCUT2D eigenvalue weighted by molar-refractivity contribution is 7.93. The van der Waals surface area contributed by atoms with Crippen molar-refractivity contribution in [2.24, 2.45) is 0 Å². The molecule has 8 heteroatoms. The summed E-state index contributed by atoms with van der Waals surface area (Å²) < 4.78 is 59.2. The third-order valence-corrected chi connectivity index (χ3v) is 3.07. The second kappa shape index (κ2) is 3.62. The number of allylic oxidation sites excluding steroid dienone is 3. The molecule has 0 aromatic rings. The van der Waals surface area contributed by atoms with Gasteiger partial charge in [-0.1, -0.05) is 10.5 Å². The minimum atomic E-state index is -4.71.